The molecule has 1 fully saturated rings. The molecule has 42 heavy (non-hydrogen) atoms. The van der Waals surface area contributed by atoms with Gasteiger partial charge in [0.05, 0.1) is 17.0 Å². The Bertz CT molecular complexity index is 1680. The predicted molar refractivity (Wildman–Crippen MR) is 160 cm³/mol. The first-order valence-electron chi connectivity index (χ1n) is 13.3. The standard InChI is InChI=1S/C29H30ClN7O4S/c1-31-27(38)13-24-17-36(42(40,41)26-6-4-20-11-23(30)5-3-21(20)12-26)18-25(14-28(39)32-2)37(24)29-34-15-22(16-35-29)19-7-9-33-10-8-19/h3-12,15-16,24-25H,13-14,17-18H2,1-2H3,(H,31,38)(H,32,39). The Morgan fingerprint density at radius 2 is 1.43 bits per heavy atom. The highest BCUT2D eigenvalue weighted by Gasteiger charge is 2.42. The van der Waals surface area contributed by atoms with Gasteiger partial charge in [-0.05, 0) is 52.7 Å². The van der Waals surface area contributed by atoms with Crippen LogP contribution in [0.25, 0.3) is 21.9 Å². The van der Waals surface area contributed by atoms with Crippen LogP contribution in [-0.4, -0.2) is 78.8 Å². The third-order valence-corrected chi connectivity index (χ3v) is 9.37. The van der Waals surface area contributed by atoms with Gasteiger partial charge in [0.2, 0.25) is 27.8 Å². The lowest BCUT2D eigenvalue weighted by atomic mass is 10.0. The average Bonchev–Trinajstić information content (AvgIpc) is 3.01. The summed E-state index contributed by atoms with van der Waals surface area (Å²) in [6.45, 7) is -0.0117. The summed E-state index contributed by atoms with van der Waals surface area (Å²) in [7, 11) is -0.957. The fourth-order valence-corrected chi connectivity index (χ4v) is 6.88. The van der Waals surface area contributed by atoms with Gasteiger partial charge in [-0.1, -0.05) is 23.7 Å². The number of piperazine rings is 1. The number of aromatic nitrogens is 3. The van der Waals surface area contributed by atoms with Crippen molar-refractivity contribution < 1.29 is 18.0 Å². The fourth-order valence-electron chi connectivity index (χ4n) is 5.15. The van der Waals surface area contributed by atoms with Crippen LogP contribution in [0.4, 0.5) is 5.95 Å². The van der Waals surface area contributed by atoms with Gasteiger partial charge in [-0.25, -0.2) is 18.4 Å². The first-order valence-corrected chi connectivity index (χ1v) is 15.1. The van der Waals surface area contributed by atoms with Crippen molar-refractivity contribution in [2.75, 3.05) is 32.1 Å². The van der Waals surface area contributed by atoms with E-state index in [1.807, 2.05) is 12.1 Å². The lowest BCUT2D eigenvalue weighted by Gasteiger charge is -2.46. The van der Waals surface area contributed by atoms with Crippen molar-refractivity contribution in [3.8, 4) is 11.1 Å². The van der Waals surface area contributed by atoms with Crippen LogP contribution in [0, 0.1) is 0 Å². The van der Waals surface area contributed by atoms with Crippen molar-refractivity contribution in [1.29, 1.82) is 0 Å². The molecule has 2 atom stereocenters. The normalized spacial score (nSPS) is 17.6. The van der Waals surface area contributed by atoms with E-state index in [1.165, 1.54) is 18.4 Å². The zero-order chi connectivity index (χ0) is 29.9. The Kier molecular flexibility index (Phi) is 8.66. The van der Waals surface area contributed by atoms with Crippen LogP contribution in [0.1, 0.15) is 12.8 Å². The van der Waals surface area contributed by atoms with E-state index in [9.17, 15) is 18.0 Å². The van der Waals surface area contributed by atoms with Gasteiger partial charge in [-0.3, -0.25) is 14.6 Å². The van der Waals surface area contributed by atoms with E-state index in [2.05, 4.69) is 25.6 Å². The molecule has 2 aromatic carbocycles. The molecule has 3 heterocycles. The van der Waals surface area contributed by atoms with Crippen molar-refractivity contribution in [2.45, 2.75) is 29.8 Å². The molecular weight excluding hydrogens is 578 g/mol. The number of benzene rings is 2. The van der Waals surface area contributed by atoms with Gasteiger partial charge in [0.15, 0.2) is 0 Å². The molecule has 0 radical (unpaired) electrons. The van der Waals surface area contributed by atoms with E-state index in [-0.39, 0.29) is 42.6 Å². The first-order chi connectivity index (χ1) is 20.2. The fraction of sp³-hybridized carbons (Fsp3) is 0.276. The third-order valence-electron chi connectivity index (χ3n) is 7.31. The topological polar surface area (TPSA) is 137 Å². The Hall–Kier alpha value is -4.13. The Morgan fingerprint density at radius 3 is 2.02 bits per heavy atom. The number of nitrogens with zero attached hydrogens (tertiary/aromatic N) is 5. The smallest absolute Gasteiger partial charge is 0.243 e. The second-order valence-electron chi connectivity index (χ2n) is 9.95. The number of pyridine rings is 1. The molecule has 5 rings (SSSR count). The quantitative estimate of drug-likeness (QED) is 0.312. The van der Waals surface area contributed by atoms with E-state index >= 15 is 0 Å². The molecule has 13 heteroatoms. The summed E-state index contributed by atoms with van der Waals surface area (Å²) in [5, 5.41) is 7.34. The number of rotatable bonds is 8. The maximum Gasteiger partial charge on any atom is 0.243 e. The van der Waals surface area contributed by atoms with Crippen LogP contribution < -0.4 is 15.5 Å². The molecule has 2 amide bonds. The molecule has 11 nitrogen and oxygen atoms in total. The summed E-state index contributed by atoms with van der Waals surface area (Å²) in [6, 6.07) is 12.5. The summed E-state index contributed by atoms with van der Waals surface area (Å²) in [5.41, 5.74) is 1.65. The van der Waals surface area contributed by atoms with E-state index in [0.29, 0.717) is 11.0 Å². The van der Waals surface area contributed by atoms with Crippen LogP contribution in [-0.2, 0) is 19.6 Å². The van der Waals surface area contributed by atoms with Gasteiger partial charge >= 0.3 is 0 Å². The number of fused-ring (bicyclic) bond motifs is 1. The van der Waals surface area contributed by atoms with Crippen molar-refractivity contribution in [2.24, 2.45) is 0 Å². The second kappa shape index (κ2) is 12.4. The molecule has 0 saturated carbocycles. The van der Waals surface area contributed by atoms with E-state index in [4.69, 9.17) is 11.6 Å². The van der Waals surface area contributed by atoms with Crippen molar-refractivity contribution in [1.82, 2.24) is 29.9 Å². The van der Waals surface area contributed by atoms with Crippen LogP contribution >= 0.6 is 11.6 Å². The van der Waals surface area contributed by atoms with Gasteiger partial charge in [0.25, 0.3) is 0 Å². The van der Waals surface area contributed by atoms with E-state index in [1.54, 1.807) is 66.1 Å². The second-order valence-corrected chi connectivity index (χ2v) is 12.3. The monoisotopic (exact) mass is 607 g/mol. The molecule has 2 unspecified atom stereocenters. The molecule has 0 bridgehead atoms. The number of sulfonamides is 1. The highest BCUT2D eigenvalue weighted by molar-refractivity contribution is 7.89. The molecule has 218 valence electrons. The van der Waals surface area contributed by atoms with Gasteiger partial charge in [-0.2, -0.15) is 4.31 Å². The number of hydrogen-bond acceptors (Lipinski definition) is 8. The molecule has 1 saturated heterocycles. The number of halogens is 1. The zero-order valence-electron chi connectivity index (χ0n) is 23.1. The maximum atomic E-state index is 14.0. The summed E-state index contributed by atoms with van der Waals surface area (Å²) < 4.78 is 29.3. The van der Waals surface area contributed by atoms with Gasteiger partial charge in [0, 0.05) is 75.4 Å². The molecule has 4 aromatic rings. The minimum Gasteiger partial charge on any atom is -0.359 e. The van der Waals surface area contributed by atoms with Crippen molar-refractivity contribution >= 4 is 50.2 Å². The van der Waals surface area contributed by atoms with Gasteiger partial charge < -0.3 is 15.5 Å². The summed E-state index contributed by atoms with van der Waals surface area (Å²) >= 11 is 6.10. The Balaban J connectivity index is 1.52. The largest absolute Gasteiger partial charge is 0.359 e. The molecule has 1 aliphatic heterocycles. The highest BCUT2D eigenvalue weighted by atomic mass is 35.5. The van der Waals surface area contributed by atoms with E-state index in [0.717, 1.165) is 21.9 Å². The van der Waals surface area contributed by atoms with Crippen molar-refractivity contribution in [3.05, 3.63) is 78.3 Å². The number of nitrogens with one attached hydrogen (secondary N) is 2. The summed E-state index contributed by atoms with van der Waals surface area (Å²) in [6.07, 6.45) is 6.61. The maximum absolute atomic E-state index is 14.0. The number of amides is 2. The Labute approximate surface area is 249 Å². The molecule has 2 N–H and O–H groups in total. The van der Waals surface area contributed by atoms with Crippen molar-refractivity contribution in [3.63, 3.8) is 0 Å². The number of anilines is 1. The molecule has 0 aliphatic carbocycles. The Morgan fingerprint density at radius 1 is 0.857 bits per heavy atom. The number of hydrogen-bond donors (Lipinski definition) is 2. The van der Waals surface area contributed by atoms with Gasteiger partial charge in [-0.15, -0.1) is 0 Å². The molecule has 1 aliphatic rings. The predicted octanol–water partition coefficient (Wildman–Crippen LogP) is 2.87. The minimum atomic E-state index is -4.00. The molecule has 0 spiro atoms. The molecule has 2 aromatic heterocycles. The number of carbonyl (C=O) groups is 2. The van der Waals surface area contributed by atoms with Crippen LogP contribution in [0.15, 0.2) is 78.2 Å². The summed E-state index contributed by atoms with van der Waals surface area (Å²) in [4.78, 5) is 40.4. The van der Waals surface area contributed by atoms with Gasteiger partial charge in [0.1, 0.15) is 0 Å². The highest BCUT2D eigenvalue weighted by Crippen LogP contribution is 2.31. The lowest BCUT2D eigenvalue weighted by molar-refractivity contribution is -0.121. The average molecular weight is 608 g/mol. The molecular formula is C29H30ClN7O4S. The first kappa shape index (κ1) is 29.4. The summed E-state index contributed by atoms with van der Waals surface area (Å²) in [5.74, 6) is -0.256. The third kappa shape index (κ3) is 6.20. The minimum absolute atomic E-state index is 0.00583. The van der Waals surface area contributed by atoms with Crippen LogP contribution in [0.3, 0.4) is 0 Å². The van der Waals surface area contributed by atoms with Crippen LogP contribution in [0.5, 0.6) is 0 Å². The zero-order valence-corrected chi connectivity index (χ0v) is 24.6. The lowest BCUT2D eigenvalue weighted by Crippen LogP contribution is -2.62. The van der Waals surface area contributed by atoms with E-state index < -0.39 is 22.1 Å². The number of carbonyl (C=O) groups excluding carboxylic acids is 2. The van der Waals surface area contributed by atoms with Crippen LogP contribution in [0.2, 0.25) is 5.02 Å². The SMILES string of the molecule is CNC(=O)CC1CN(S(=O)(=O)c2ccc3cc(Cl)ccc3c2)CC(CC(=O)NC)N1c1ncc(-c2ccncc2)cn1.